The minimum Gasteiger partial charge on any atom is -0.479 e. The van der Waals surface area contributed by atoms with Crippen LogP contribution in [0.4, 0.5) is 0 Å². The third-order valence-corrected chi connectivity index (χ3v) is 4.19. The van der Waals surface area contributed by atoms with Crippen molar-refractivity contribution in [1.82, 2.24) is 15.0 Å². The summed E-state index contributed by atoms with van der Waals surface area (Å²) in [7, 11) is 1.54. The minimum atomic E-state index is -0.245. The fraction of sp³-hybridized carbons (Fsp3) is 0.158. The van der Waals surface area contributed by atoms with Gasteiger partial charge >= 0.3 is 0 Å². The first-order valence-corrected chi connectivity index (χ1v) is 8.24. The van der Waals surface area contributed by atoms with Gasteiger partial charge in [-0.1, -0.05) is 30.3 Å². The van der Waals surface area contributed by atoms with Gasteiger partial charge in [-0.05, 0) is 12.1 Å². The second-order valence-corrected chi connectivity index (χ2v) is 5.83. The van der Waals surface area contributed by atoms with E-state index in [0.29, 0.717) is 18.3 Å². The Morgan fingerprint density at radius 1 is 1.08 bits per heavy atom. The average Bonchev–Trinajstić information content (AvgIpc) is 3.15. The smallest absolute Gasteiger partial charge is 0.252 e. The molecule has 0 radical (unpaired) electrons. The highest BCUT2D eigenvalue weighted by molar-refractivity contribution is 6.37. The molecule has 0 aliphatic carbocycles. The van der Waals surface area contributed by atoms with Crippen LogP contribution in [0, 0.1) is 0 Å². The van der Waals surface area contributed by atoms with E-state index in [0.717, 1.165) is 28.3 Å². The zero-order chi connectivity index (χ0) is 17.9. The van der Waals surface area contributed by atoms with E-state index in [1.807, 2.05) is 42.5 Å². The molecule has 0 spiro atoms. The summed E-state index contributed by atoms with van der Waals surface area (Å²) in [5.74, 6) is 1.44. The molecule has 0 saturated heterocycles. The average molecular weight is 346 g/mol. The van der Waals surface area contributed by atoms with E-state index < -0.39 is 0 Å². The number of aromatic nitrogens is 3. The molecule has 4 rings (SSSR count). The molecule has 130 valence electrons. The van der Waals surface area contributed by atoms with Crippen LogP contribution < -0.4 is 5.73 Å². The highest BCUT2D eigenvalue weighted by Crippen LogP contribution is 2.32. The molecule has 0 saturated carbocycles. The molecule has 3 heterocycles. The van der Waals surface area contributed by atoms with Gasteiger partial charge in [0.25, 0.3) is 5.90 Å². The highest BCUT2D eigenvalue weighted by atomic mass is 16.5. The molecule has 0 amide bonds. The number of hydrogen-bond acceptors (Lipinski definition) is 6. The number of amidine groups is 1. The number of rotatable bonds is 3. The van der Waals surface area contributed by atoms with E-state index in [4.69, 9.17) is 15.5 Å². The van der Waals surface area contributed by atoms with Crippen LogP contribution in [0.15, 0.2) is 64.8 Å². The highest BCUT2D eigenvalue weighted by Gasteiger charge is 2.25. The van der Waals surface area contributed by atoms with Crippen LogP contribution in [-0.4, -0.2) is 40.3 Å². The lowest BCUT2D eigenvalue weighted by Crippen LogP contribution is -2.30. The first kappa shape index (κ1) is 16.0. The van der Waals surface area contributed by atoms with Crippen molar-refractivity contribution in [3.05, 3.63) is 60.6 Å². The van der Waals surface area contributed by atoms with Gasteiger partial charge in [0.05, 0.1) is 25.0 Å². The fourth-order valence-corrected chi connectivity index (χ4v) is 2.90. The van der Waals surface area contributed by atoms with Crippen molar-refractivity contribution in [3.8, 4) is 22.6 Å². The number of imidazole rings is 1. The Morgan fingerprint density at radius 2 is 1.85 bits per heavy atom. The van der Waals surface area contributed by atoms with Crippen LogP contribution in [0.2, 0.25) is 0 Å². The first-order valence-electron chi connectivity index (χ1n) is 8.24. The molecular formula is C19H18N6O. The summed E-state index contributed by atoms with van der Waals surface area (Å²) in [4.78, 5) is 21.3. The Morgan fingerprint density at radius 3 is 2.58 bits per heavy atom. The van der Waals surface area contributed by atoms with Gasteiger partial charge in [0.1, 0.15) is 11.9 Å². The van der Waals surface area contributed by atoms with E-state index >= 15 is 0 Å². The zero-order valence-electron chi connectivity index (χ0n) is 14.3. The number of ether oxygens (including phenoxy) is 1. The molecule has 3 N–H and O–H groups in total. The molecular weight excluding hydrogens is 328 g/mol. The van der Waals surface area contributed by atoms with E-state index in [1.54, 1.807) is 12.4 Å². The predicted molar refractivity (Wildman–Crippen MR) is 101 cm³/mol. The quantitative estimate of drug-likeness (QED) is 0.761. The summed E-state index contributed by atoms with van der Waals surface area (Å²) in [6, 6.07) is 13.6. The van der Waals surface area contributed by atoms with E-state index in [1.165, 1.54) is 7.11 Å². The number of methoxy groups -OCH3 is 1. The van der Waals surface area contributed by atoms with Gasteiger partial charge in [0, 0.05) is 23.5 Å². The first-order chi connectivity index (χ1) is 12.8. The summed E-state index contributed by atoms with van der Waals surface area (Å²) >= 11 is 0. The molecule has 1 unspecified atom stereocenters. The number of aliphatic imine (C=N–C) groups is 2. The molecule has 0 fully saturated rings. The monoisotopic (exact) mass is 346 g/mol. The molecule has 0 bridgehead atoms. The Labute approximate surface area is 150 Å². The molecule has 1 aromatic carbocycles. The van der Waals surface area contributed by atoms with Crippen LogP contribution in [-0.2, 0) is 4.74 Å². The zero-order valence-corrected chi connectivity index (χ0v) is 14.3. The van der Waals surface area contributed by atoms with Crippen molar-refractivity contribution < 1.29 is 4.74 Å². The molecule has 1 aliphatic rings. The number of nitrogens with one attached hydrogen (secondary N) is 1. The molecule has 26 heavy (non-hydrogen) atoms. The van der Waals surface area contributed by atoms with Gasteiger partial charge < -0.3 is 15.5 Å². The largest absolute Gasteiger partial charge is 0.479 e. The number of pyridine rings is 1. The Balaban J connectivity index is 1.83. The maximum absolute atomic E-state index is 5.84. The van der Waals surface area contributed by atoms with Crippen LogP contribution in [0.3, 0.4) is 0 Å². The Hall–Kier alpha value is -3.48. The maximum Gasteiger partial charge on any atom is 0.252 e. The van der Waals surface area contributed by atoms with E-state index in [2.05, 4.69) is 20.0 Å². The molecule has 1 atom stereocenters. The van der Waals surface area contributed by atoms with E-state index in [-0.39, 0.29) is 6.04 Å². The topological polar surface area (TPSA) is 102 Å². The third-order valence-electron chi connectivity index (χ3n) is 4.19. The van der Waals surface area contributed by atoms with Crippen molar-refractivity contribution in [2.24, 2.45) is 15.7 Å². The van der Waals surface area contributed by atoms with Crippen LogP contribution in [0.5, 0.6) is 0 Å². The normalized spacial score (nSPS) is 16.7. The van der Waals surface area contributed by atoms with Gasteiger partial charge in [0.2, 0.25) is 0 Å². The minimum absolute atomic E-state index is 0.245. The summed E-state index contributed by atoms with van der Waals surface area (Å²) < 4.78 is 5.24. The van der Waals surface area contributed by atoms with Crippen LogP contribution >= 0.6 is 0 Å². The summed E-state index contributed by atoms with van der Waals surface area (Å²) in [6.45, 7) is 0.438. The number of H-pyrrole nitrogens is 1. The number of nitrogens with zero attached hydrogens (tertiary/aromatic N) is 4. The van der Waals surface area contributed by atoms with Crippen LogP contribution in [0.25, 0.3) is 22.6 Å². The number of hydrogen-bond donors (Lipinski definition) is 2. The standard InChI is InChI=1S/C19H18N6O/c1-26-19-17(20)22-11-14(23-19)16-15(12-7-9-21-10-8-12)24-18(25-16)13-5-3-2-4-6-13/h2-10,14H,11H2,1H3,(H2,20,22)(H,24,25). The van der Waals surface area contributed by atoms with E-state index in [9.17, 15) is 0 Å². The van der Waals surface area contributed by atoms with Crippen molar-refractivity contribution in [3.63, 3.8) is 0 Å². The second-order valence-electron chi connectivity index (χ2n) is 5.83. The van der Waals surface area contributed by atoms with Crippen molar-refractivity contribution in [2.45, 2.75) is 6.04 Å². The summed E-state index contributed by atoms with van der Waals surface area (Å²) in [6.07, 6.45) is 3.49. The number of aromatic amines is 1. The van der Waals surface area contributed by atoms with Gasteiger partial charge in [-0.2, -0.15) is 0 Å². The van der Waals surface area contributed by atoms with Gasteiger partial charge in [-0.3, -0.25) is 9.98 Å². The van der Waals surface area contributed by atoms with Gasteiger partial charge in [0.15, 0.2) is 5.84 Å². The predicted octanol–water partition coefficient (Wildman–Crippen LogP) is 2.60. The summed E-state index contributed by atoms with van der Waals surface area (Å²) in [5.41, 5.74) is 9.50. The lowest BCUT2D eigenvalue weighted by Gasteiger charge is -2.17. The lowest BCUT2D eigenvalue weighted by molar-refractivity contribution is 0.402. The molecule has 7 heteroatoms. The fourth-order valence-electron chi connectivity index (χ4n) is 2.90. The maximum atomic E-state index is 5.84. The Bertz CT molecular complexity index is 962. The Kier molecular flexibility index (Phi) is 4.18. The molecule has 1 aliphatic heterocycles. The van der Waals surface area contributed by atoms with Gasteiger partial charge in [-0.25, -0.2) is 9.98 Å². The van der Waals surface area contributed by atoms with Gasteiger partial charge in [-0.15, -0.1) is 0 Å². The molecule has 3 aromatic rings. The summed E-state index contributed by atoms with van der Waals surface area (Å²) in [5, 5.41) is 0. The lowest BCUT2D eigenvalue weighted by atomic mass is 10.1. The second kappa shape index (κ2) is 6.79. The number of nitrogens with two attached hydrogens (primary N) is 1. The third kappa shape index (κ3) is 2.95. The van der Waals surface area contributed by atoms with Crippen LogP contribution in [0.1, 0.15) is 11.7 Å². The molecule has 2 aromatic heterocycles. The van der Waals surface area contributed by atoms with Crippen molar-refractivity contribution >= 4 is 11.7 Å². The molecule has 7 nitrogen and oxygen atoms in total. The van der Waals surface area contributed by atoms with Crippen molar-refractivity contribution in [1.29, 1.82) is 0 Å². The number of benzene rings is 1. The van der Waals surface area contributed by atoms with Crippen molar-refractivity contribution in [2.75, 3.05) is 13.7 Å². The SMILES string of the molecule is COC1=NC(c2[nH]c(-c3ccccc3)nc2-c2ccncc2)CN=C1N.